The van der Waals surface area contributed by atoms with E-state index in [-0.39, 0.29) is 24.4 Å². The van der Waals surface area contributed by atoms with E-state index in [4.69, 9.17) is 14.2 Å². The van der Waals surface area contributed by atoms with Crippen LogP contribution < -0.4 is 16.0 Å². The van der Waals surface area contributed by atoms with Gasteiger partial charge in [0, 0.05) is 52.4 Å². The quantitative estimate of drug-likeness (QED) is 0.465. The number of carbonyl (C=O) groups excluding carboxylic acids is 2. The third-order valence-electron chi connectivity index (χ3n) is 8.59. The molecule has 0 aromatic rings. The molecule has 0 radical (unpaired) electrons. The molecule has 2 saturated carbocycles. The molecule has 4 rings (SSSR count). The molecule has 0 spiro atoms. The molecule has 10 heteroatoms. The van der Waals surface area contributed by atoms with Gasteiger partial charge < -0.3 is 24.0 Å². The van der Waals surface area contributed by atoms with Gasteiger partial charge in [0.2, 0.25) is 0 Å². The van der Waals surface area contributed by atoms with Crippen LogP contribution in [0.5, 0.6) is 0 Å². The summed E-state index contributed by atoms with van der Waals surface area (Å²) in [5.74, 6) is 0.633. The van der Waals surface area contributed by atoms with Gasteiger partial charge in [-0.25, -0.2) is 4.79 Å². The Morgan fingerprint density at radius 2 is 1.57 bits per heavy atom. The summed E-state index contributed by atoms with van der Waals surface area (Å²) in [6.45, 7) is 4.97. The van der Waals surface area contributed by atoms with Crippen molar-refractivity contribution in [1.82, 2.24) is 25.8 Å². The Labute approximate surface area is 209 Å². The SMILES string of the molecule is COC(=O)C1CC(NC2NCC(C3CCC(OC)CC3)CN2)CCC1OC(=O)N1CCN(C)CC1. The Hall–Kier alpha value is -1.46. The molecule has 35 heavy (non-hydrogen) atoms. The standard InChI is InChI=1S/C25H45N5O5/c1-29-10-12-30(13-11-29)25(32)35-22-9-6-19(14-21(22)23(31)34-3)28-24-26-15-18(16-27-24)17-4-7-20(33-2)8-5-17/h17-22,24,26-28H,4-16H2,1-3H3. The van der Waals surface area contributed by atoms with Gasteiger partial charge in [0.05, 0.1) is 19.1 Å². The van der Waals surface area contributed by atoms with Crippen molar-refractivity contribution in [2.45, 2.75) is 69.5 Å². The second kappa shape index (κ2) is 12.7. The van der Waals surface area contributed by atoms with Gasteiger partial charge in [0.1, 0.15) is 12.4 Å². The van der Waals surface area contributed by atoms with Gasteiger partial charge in [0.25, 0.3) is 0 Å². The van der Waals surface area contributed by atoms with Crippen molar-refractivity contribution in [1.29, 1.82) is 0 Å². The smallest absolute Gasteiger partial charge is 0.410 e. The van der Waals surface area contributed by atoms with E-state index in [1.807, 2.05) is 14.2 Å². The summed E-state index contributed by atoms with van der Waals surface area (Å²) in [5, 5.41) is 10.9. The molecule has 0 aromatic heterocycles. The first-order chi connectivity index (χ1) is 17.0. The fourth-order valence-corrected chi connectivity index (χ4v) is 6.19. The van der Waals surface area contributed by atoms with Crippen molar-refractivity contribution in [2.24, 2.45) is 17.8 Å². The largest absolute Gasteiger partial charge is 0.469 e. The molecule has 2 saturated heterocycles. The van der Waals surface area contributed by atoms with Crippen LogP contribution in [0.1, 0.15) is 44.9 Å². The molecule has 3 unspecified atom stereocenters. The number of hydrogen-bond acceptors (Lipinski definition) is 9. The zero-order valence-corrected chi connectivity index (χ0v) is 21.7. The Balaban J connectivity index is 1.23. The lowest BCUT2D eigenvalue weighted by molar-refractivity contribution is -0.152. The summed E-state index contributed by atoms with van der Waals surface area (Å²) in [6, 6.07) is 0.149. The maximum atomic E-state index is 12.7. The Bertz CT molecular complexity index is 688. The molecule has 3 atom stereocenters. The van der Waals surface area contributed by atoms with Crippen LogP contribution in [0.4, 0.5) is 4.79 Å². The van der Waals surface area contributed by atoms with Crippen LogP contribution in [0.15, 0.2) is 0 Å². The highest BCUT2D eigenvalue weighted by molar-refractivity contribution is 5.74. The van der Waals surface area contributed by atoms with Crippen molar-refractivity contribution in [3.8, 4) is 0 Å². The van der Waals surface area contributed by atoms with Crippen molar-refractivity contribution in [3.63, 3.8) is 0 Å². The predicted octanol–water partition coefficient (Wildman–Crippen LogP) is 0.968. The van der Waals surface area contributed by atoms with Gasteiger partial charge in [0.15, 0.2) is 0 Å². The van der Waals surface area contributed by atoms with Crippen LogP contribution in [0.2, 0.25) is 0 Å². The van der Waals surface area contributed by atoms with E-state index in [9.17, 15) is 9.59 Å². The molecule has 10 nitrogen and oxygen atoms in total. The van der Waals surface area contributed by atoms with E-state index in [0.717, 1.165) is 51.4 Å². The Kier molecular flexibility index (Phi) is 9.63. The van der Waals surface area contributed by atoms with Gasteiger partial charge in [-0.15, -0.1) is 0 Å². The number of nitrogens with zero attached hydrogens (tertiary/aromatic N) is 2. The molecule has 4 fully saturated rings. The zero-order chi connectivity index (χ0) is 24.8. The Morgan fingerprint density at radius 3 is 2.20 bits per heavy atom. The minimum Gasteiger partial charge on any atom is -0.469 e. The summed E-state index contributed by atoms with van der Waals surface area (Å²) in [6.07, 6.45) is 6.60. The second-order valence-electron chi connectivity index (χ2n) is 10.8. The van der Waals surface area contributed by atoms with E-state index in [0.29, 0.717) is 38.0 Å². The number of likely N-dealkylation sites (N-methyl/N-ethyl adjacent to an activating group) is 1. The molecule has 2 heterocycles. The number of amides is 1. The van der Waals surface area contributed by atoms with Gasteiger partial charge in [-0.05, 0) is 63.8 Å². The topological polar surface area (TPSA) is 104 Å². The molecule has 2 aliphatic carbocycles. The van der Waals surface area contributed by atoms with Crippen LogP contribution in [0, 0.1) is 17.8 Å². The summed E-state index contributed by atoms with van der Waals surface area (Å²) >= 11 is 0. The van der Waals surface area contributed by atoms with E-state index in [2.05, 4.69) is 20.9 Å². The normalized spacial score (nSPS) is 37.0. The zero-order valence-electron chi connectivity index (χ0n) is 21.7. The Morgan fingerprint density at radius 1 is 0.886 bits per heavy atom. The number of rotatable bonds is 6. The molecule has 0 aromatic carbocycles. The first-order valence-electron chi connectivity index (χ1n) is 13.4. The summed E-state index contributed by atoms with van der Waals surface area (Å²) in [4.78, 5) is 29.2. The van der Waals surface area contributed by atoms with Gasteiger partial charge in [-0.1, -0.05) is 0 Å². The number of methoxy groups -OCH3 is 2. The van der Waals surface area contributed by atoms with Gasteiger partial charge in [-0.3, -0.25) is 20.7 Å². The monoisotopic (exact) mass is 495 g/mol. The van der Waals surface area contributed by atoms with Crippen LogP contribution in [-0.2, 0) is 19.0 Å². The highest BCUT2D eigenvalue weighted by Gasteiger charge is 2.40. The summed E-state index contributed by atoms with van der Waals surface area (Å²) < 4.78 is 16.4. The van der Waals surface area contributed by atoms with E-state index in [1.54, 1.807) is 4.90 Å². The lowest BCUT2D eigenvalue weighted by Gasteiger charge is -2.41. The number of carbonyl (C=O) groups is 2. The van der Waals surface area contributed by atoms with E-state index < -0.39 is 12.0 Å². The highest BCUT2D eigenvalue weighted by atomic mass is 16.6. The molecule has 1 amide bonds. The lowest BCUT2D eigenvalue weighted by Crippen LogP contribution is -2.63. The number of nitrogens with one attached hydrogen (secondary N) is 3. The van der Waals surface area contributed by atoms with Crippen molar-refractivity contribution < 1.29 is 23.8 Å². The predicted molar refractivity (Wildman–Crippen MR) is 132 cm³/mol. The summed E-state index contributed by atoms with van der Waals surface area (Å²) in [5.41, 5.74) is 0. The maximum absolute atomic E-state index is 12.7. The molecule has 200 valence electrons. The van der Waals surface area contributed by atoms with Gasteiger partial charge >= 0.3 is 12.1 Å². The molecule has 2 aliphatic heterocycles. The third-order valence-corrected chi connectivity index (χ3v) is 8.59. The lowest BCUT2D eigenvalue weighted by atomic mass is 9.78. The van der Waals surface area contributed by atoms with E-state index >= 15 is 0 Å². The molecule has 3 N–H and O–H groups in total. The van der Waals surface area contributed by atoms with Crippen molar-refractivity contribution >= 4 is 12.1 Å². The van der Waals surface area contributed by atoms with Crippen molar-refractivity contribution in [2.75, 3.05) is 60.5 Å². The van der Waals surface area contributed by atoms with Crippen LogP contribution in [0.3, 0.4) is 0 Å². The number of piperazine rings is 1. The second-order valence-corrected chi connectivity index (χ2v) is 10.8. The number of ether oxygens (including phenoxy) is 3. The first-order valence-corrected chi connectivity index (χ1v) is 13.4. The summed E-state index contributed by atoms with van der Waals surface area (Å²) in [7, 11) is 5.28. The van der Waals surface area contributed by atoms with Crippen LogP contribution in [-0.4, -0.2) is 107 Å². The van der Waals surface area contributed by atoms with Crippen molar-refractivity contribution in [3.05, 3.63) is 0 Å². The van der Waals surface area contributed by atoms with Gasteiger partial charge in [-0.2, -0.15) is 0 Å². The fraction of sp³-hybridized carbons (Fsp3) is 0.920. The average molecular weight is 496 g/mol. The van der Waals surface area contributed by atoms with Crippen LogP contribution in [0.25, 0.3) is 0 Å². The number of esters is 1. The molecule has 0 bridgehead atoms. The molecular formula is C25H45N5O5. The maximum Gasteiger partial charge on any atom is 0.410 e. The highest BCUT2D eigenvalue weighted by Crippen LogP contribution is 2.32. The average Bonchev–Trinajstić information content (AvgIpc) is 2.90. The number of hydrogen-bond donors (Lipinski definition) is 3. The fourth-order valence-electron chi connectivity index (χ4n) is 6.19. The third kappa shape index (κ3) is 7.07. The first kappa shape index (κ1) is 26.6. The molecular weight excluding hydrogens is 450 g/mol. The minimum atomic E-state index is -0.449. The molecule has 4 aliphatic rings. The minimum absolute atomic E-state index is 0.0225. The van der Waals surface area contributed by atoms with Crippen LogP contribution >= 0.6 is 0 Å². The van der Waals surface area contributed by atoms with E-state index in [1.165, 1.54) is 20.0 Å².